The van der Waals surface area contributed by atoms with Crippen molar-refractivity contribution in [2.75, 3.05) is 6.54 Å². The monoisotopic (exact) mass is 248 g/mol. The van der Waals surface area contributed by atoms with Gasteiger partial charge in [-0.1, -0.05) is 36.6 Å². The number of nitriles is 1. The van der Waals surface area contributed by atoms with Gasteiger partial charge >= 0.3 is 0 Å². The van der Waals surface area contributed by atoms with Gasteiger partial charge in [0, 0.05) is 17.6 Å². The lowest BCUT2D eigenvalue weighted by Gasteiger charge is -2.26. The number of nitrogens with zero attached hydrogens (tertiary/aromatic N) is 2. The Labute approximate surface area is 108 Å². The molecule has 1 aliphatic rings. The molecule has 1 aliphatic carbocycles. The van der Waals surface area contributed by atoms with E-state index in [0.717, 1.165) is 11.6 Å². The Kier molecular flexibility index (Phi) is 4.42. The summed E-state index contributed by atoms with van der Waals surface area (Å²) in [5.74, 6) is 0. The summed E-state index contributed by atoms with van der Waals surface area (Å²) in [7, 11) is 0. The molecule has 0 aromatic heterocycles. The standard InChI is InChI=1S/C14H17ClN2/c15-13-5-3-4-12(10-13)11-17(9-8-16)14-6-1-2-7-14/h3-5,10,14H,1-2,6-7,9,11H2. The van der Waals surface area contributed by atoms with Gasteiger partial charge in [0.25, 0.3) is 0 Å². The molecule has 0 aliphatic heterocycles. The molecule has 0 atom stereocenters. The third-order valence-electron chi connectivity index (χ3n) is 3.39. The van der Waals surface area contributed by atoms with Gasteiger partial charge in [-0.15, -0.1) is 0 Å². The summed E-state index contributed by atoms with van der Waals surface area (Å²) < 4.78 is 0. The van der Waals surface area contributed by atoms with Crippen molar-refractivity contribution in [1.82, 2.24) is 4.90 Å². The van der Waals surface area contributed by atoms with Crippen LogP contribution in [0.1, 0.15) is 31.2 Å². The summed E-state index contributed by atoms with van der Waals surface area (Å²) in [6, 6.07) is 10.8. The molecule has 2 nitrogen and oxygen atoms in total. The highest BCUT2D eigenvalue weighted by atomic mass is 35.5. The first-order valence-corrected chi connectivity index (χ1v) is 6.53. The van der Waals surface area contributed by atoms with Crippen LogP contribution in [0.5, 0.6) is 0 Å². The molecule has 1 fully saturated rings. The van der Waals surface area contributed by atoms with Gasteiger partial charge in [0.15, 0.2) is 0 Å². The van der Waals surface area contributed by atoms with Gasteiger partial charge in [0.1, 0.15) is 0 Å². The lowest BCUT2D eigenvalue weighted by Crippen LogP contribution is -2.33. The van der Waals surface area contributed by atoms with Crippen LogP contribution in [0.3, 0.4) is 0 Å². The predicted molar refractivity (Wildman–Crippen MR) is 69.7 cm³/mol. The van der Waals surface area contributed by atoms with Crippen molar-refractivity contribution in [1.29, 1.82) is 5.26 Å². The maximum absolute atomic E-state index is 8.91. The zero-order valence-corrected chi connectivity index (χ0v) is 10.7. The predicted octanol–water partition coefficient (Wildman–Crippen LogP) is 3.61. The summed E-state index contributed by atoms with van der Waals surface area (Å²) in [6.07, 6.45) is 5.04. The Balaban J connectivity index is 2.04. The molecule has 0 saturated heterocycles. The normalized spacial score (nSPS) is 16.3. The molecule has 0 heterocycles. The molecule has 0 spiro atoms. The highest BCUT2D eigenvalue weighted by Crippen LogP contribution is 2.25. The van der Waals surface area contributed by atoms with Crippen molar-refractivity contribution in [3.05, 3.63) is 34.9 Å². The van der Waals surface area contributed by atoms with Gasteiger partial charge in [0.2, 0.25) is 0 Å². The fourth-order valence-corrected chi connectivity index (χ4v) is 2.76. The fraction of sp³-hybridized carbons (Fsp3) is 0.500. The summed E-state index contributed by atoms with van der Waals surface area (Å²) in [6.45, 7) is 1.34. The van der Waals surface area contributed by atoms with Gasteiger partial charge < -0.3 is 0 Å². The van der Waals surface area contributed by atoms with Crippen LogP contribution < -0.4 is 0 Å². The van der Waals surface area contributed by atoms with Gasteiger partial charge in [-0.2, -0.15) is 5.26 Å². The SMILES string of the molecule is N#CCN(Cc1cccc(Cl)c1)C1CCCC1. The second kappa shape index (κ2) is 6.05. The fourth-order valence-electron chi connectivity index (χ4n) is 2.54. The van der Waals surface area contributed by atoms with E-state index in [2.05, 4.69) is 17.0 Å². The van der Waals surface area contributed by atoms with Crippen molar-refractivity contribution < 1.29 is 0 Å². The summed E-state index contributed by atoms with van der Waals surface area (Å²) >= 11 is 5.98. The molecule has 2 rings (SSSR count). The van der Waals surface area contributed by atoms with Crippen LogP contribution in [0.15, 0.2) is 24.3 Å². The topological polar surface area (TPSA) is 27.0 Å². The molecule has 0 amide bonds. The average molecular weight is 249 g/mol. The molecule has 3 heteroatoms. The van der Waals surface area contributed by atoms with Crippen LogP contribution in [0.4, 0.5) is 0 Å². The second-order valence-corrected chi connectivity index (χ2v) is 5.07. The third kappa shape index (κ3) is 3.46. The molecule has 17 heavy (non-hydrogen) atoms. The van der Waals surface area contributed by atoms with E-state index in [0.29, 0.717) is 12.6 Å². The van der Waals surface area contributed by atoms with E-state index in [9.17, 15) is 0 Å². The maximum atomic E-state index is 8.91. The summed E-state index contributed by atoms with van der Waals surface area (Å²) in [4.78, 5) is 2.28. The third-order valence-corrected chi connectivity index (χ3v) is 3.62. The van der Waals surface area contributed by atoms with Crippen LogP contribution in [0.2, 0.25) is 5.02 Å². The van der Waals surface area contributed by atoms with E-state index < -0.39 is 0 Å². The smallest absolute Gasteiger partial charge is 0.0871 e. The van der Waals surface area contributed by atoms with Crippen molar-refractivity contribution in [2.45, 2.75) is 38.3 Å². The highest BCUT2D eigenvalue weighted by molar-refractivity contribution is 6.30. The number of benzene rings is 1. The number of halogens is 1. The largest absolute Gasteiger partial charge is 0.283 e. The number of hydrogen-bond donors (Lipinski definition) is 0. The van der Waals surface area contributed by atoms with Gasteiger partial charge in [0.05, 0.1) is 12.6 Å². The first kappa shape index (κ1) is 12.4. The Morgan fingerprint density at radius 2 is 2.12 bits per heavy atom. The molecule has 1 aromatic rings. The zero-order valence-electron chi connectivity index (χ0n) is 9.90. The van der Waals surface area contributed by atoms with E-state index in [-0.39, 0.29) is 0 Å². The van der Waals surface area contributed by atoms with Crippen LogP contribution >= 0.6 is 11.6 Å². The second-order valence-electron chi connectivity index (χ2n) is 4.63. The van der Waals surface area contributed by atoms with E-state index in [4.69, 9.17) is 16.9 Å². The lowest BCUT2D eigenvalue weighted by atomic mass is 10.1. The number of hydrogen-bond acceptors (Lipinski definition) is 2. The average Bonchev–Trinajstić information content (AvgIpc) is 2.82. The Bertz CT molecular complexity index is 405. The van der Waals surface area contributed by atoms with E-state index >= 15 is 0 Å². The minimum Gasteiger partial charge on any atom is -0.283 e. The Morgan fingerprint density at radius 1 is 1.35 bits per heavy atom. The quantitative estimate of drug-likeness (QED) is 0.762. The molecule has 1 aromatic carbocycles. The molecular weight excluding hydrogens is 232 g/mol. The van der Waals surface area contributed by atoms with Crippen LogP contribution in [0.25, 0.3) is 0 Å². The molecule has 0 unspecified atom stereocenters. The molecule has 0 bridgehead atoms. The molecule has 1 saturated carbocycles. The molecule has 0 N–H and O–H groups in total. The minimum absolute atomic E-state index is 0.511. The van der Waals surface area contributed by atoms with Crippen molar-refractivity contribution in [3.63, 3.8) is 0 Å². The van der Waals surface area contributed by atoms with Gasteiger partial charge in [-0.25, -0.2) is 0 Å². The Morgan fingerprint density at radius 3 is 2.76 bits per heavy atom. The molecule has 90 valence electrons. The van der Waals surface area contributed by atoms with Crippen LogP contribution in [0, 0.1) is 11.3 Å². The molecule has 0 radical (unpaired) electrons. The van der Waals surface area contributed by atoms with Crippen molar-refractivity contribution in [3.8, 4) is 6.07 Å². The number of rotatable bonds is 4. The van der Waals surface area contributed by atoms with Crippen LogP contribution in [-0.2, 0) is 6.54 Å². The van der Waals surface area contributed by atoms with Gasteiger partial charge in [-0.3, -0.25) is 4.90 Å². The van der Waals surface area contributed by atoms with E-state index in [1.54, 1.807) is 0 Å². The lowest BCUT2D eigenvalue weighted by molar-refractivity contribution is 0.214. The Hall–Kier alpha value is -1.04. The summed E-state index contributed by atoms with van der Waals surface area (Å²) in [5.41, 5.74) is 1.19. The van der Waals surface area contributed by atoms with E-state index in [1.165, 1.54) is 31.2 Å². The first-order chi connectivity index (χ1) is 8.29. The summed E-state index contributed by atoms with van der Waals surface area (Å²) in [5, 5.41) is 9.68. The van der Waals surface area contributed by atoms with Crippen molar-refractivity contribution in [2.24, 2.45) is 0 Å². The van der Waals surface area contributed by atoms with Crippen LogP contribution in [-0.4, -0.2) is 17.5 Å². The minimum atomic E-state index is 0.511. The highest BCUT2D eigenvalue weighted by Gasteiger charge is 2.22. The molecular formula is C14H17ClN2. The van der Waals surface area contributed by atoms with Crippen molar-refractivity contribution >= 4 is 11.6 Å². The maximum Gasteiger partial charge on any atom is 0.0871 e. The first-order valence-electron chi connectivity index (χ1n) is 6.15. The van der Waals surface area contributed by atoms with Gasteiger partial charge in [-0.05, 0) is 30.5 Å². The zero-order chi connectivity index (χ0) is 12.1. The van der Waals surface area contributed by atoms with E-state index in [1.807, 2.05) is 18.2 Å².